The van der Waals surface area contributed by atoms with Crippen LogP contribution < -0.4 is 0 Å². The summed E-state index contributed by atoms with van der Waals surface area (Å²) < 4.78 is 13.7. The Morgan fingerprint density at radius 3 is 2.70 bits per heavy atom. The summed E-state index contributed by atoms with van der Waals surface area (Å²) in [5.74, 6) is 0.0960. The van der Waals surface area contributed by atoms with Crippen LogP contribution in [0.1, 0.15) is 30.0 Å². The van der Waals surface area contributed by atoms with Crippen molar-refractivity contribution in [3.05, 3.63) is 84.1 Å². The first kappa shape index (κ1) is 17.8. The van der Waals surface area contributed by atoms with Gasteiger partial charge < -0.3 is 4.90 Å². The molecule has 1 atom stereocenters. The van der Waals surface area contributed by atoms with Crippen molar-refractivity contribution >= 4 is 0 Å². The lowest BCUT2D eigenvalue weighted by Gasteiger charge is -2.33. The van der Waals surface area contributed by atoms with E-state index >= 15 is 0 Å². The minimum atomic E-state index is -0.239. The Labute approximate surface area is 159 Å². The highest BCUT2D eigenvalue weighted by molar-refractivity contribution is 5.62. The topological polar surface area (TPSA) is 29.0 Å². The Morgan fingerprint density at radius 1 is 1.00 bits per heavy atom. The Balaban J connectivity index is 1.50. The van der Waals surface area contributed by atoms with E-state index in [0.717, 1.165) is 55.8 Å². The predicted molar refractivity (Wildman–Crippen MR) is 106 cm³/mol. The summed E-state index contributed by atoms with van der Waals surface area (Å²) in [6.45, 7) is 3.16. The number of piperidine rings is 1. The molecule has 0 aliphatic carbocycles. The summed E-state index contributed by atoms with van der Waals surface area (Å²) in [7, 11) is 0. The predicted octanol–water partition coefficient (Wildman–Crippen LogP) is 4.70. The van der Waals surface area contributed by atoms with E-state index in [-0.39, 0.29) is 5.82 Å². The molecule has 0 unspecified atom stereocenters. The van der Waals surface area contributed by atoms with Gasteiger partial charge in [0, 0.05) is 37.0 Å². The van der Waals surface area contributed by atoms with Gasteiger partial charge in [-0.3, -0.25) is 9.97 Å². The van der Waals surface area contributed by atoms with Gasteiger partial charge in [0.2, 0.25) is 0 Å². The molecule has 2 aromatic carbocycles. The van der Waals surface area contributed by atoms with Crippen LogP contribution in [0, 0.1) is 5.82 Å². The van der Waals surface area contributed by atoms with Crippen LogP contribution in [0.3, 0.4) is 0 Å². The van der Waals surface area contributed by atoms with Crippen LogP contribution in [-0.2, 0) is 6.42 Å². The Kier molecular flexibility index (Phi) is 5.54. The Hall–Kier alpha value is -2.59. The van der Waals surface area contributed by atoms with Crippen LogP contribution in [0.25, 0.3) is 11.3 Å². The third-order valence-corrected chi connectivity index (χ3v) is 5.28. The van der Waals surface area contributed by atoms with E-state index in [9.17, 15) is 4.39 Å². The van der Waals surface area contributed by atoms with Gasteiger partial charge in [0.15, 0.2) is 0 Å². The van der Waals surface area contributed by atoms with Gasteiger partial charge in [0.1, 0.15) is 5.82 Å². The van der Waals surface area contributed by atoms with Crippen molar-refractivity contribution in [2.45, 2.75) is 25.2 Å². The van der Waals surface area contributed by atoms with Gasteiger partial charge >= 0.3 is 0 Å². The molecule has 4 rings (SSSR count). The molecule has 4 heteroatoms. The molecule has 0 spiro atoms. The molecular weight excluding hydrogens is 337 g/mol. The largest absolute Gasteiger partial charge is 0.302 e. The van der Waals surface area contributed by atoms with E-state index in [1.165, 1.54) is 11.6 Å². The van der Waals surface area contributed by atoms with Gasteiger partial charge in [-0.15, -0.1) is 0 Å². The second-order valence-corrected chi connectivity index (χ2v) is 7.18. The smallest absolute Gasteiger partial charge is 0.123 e. The quantitative estimate of drug-likeness (QED) is 0.659. The van der Waals surface area contributed by atoms with Gasteiger partial charge in [-0.05, 0) is 43.5 Å². The van der Waals surface area contributed by atoms with Gasteiger partial charge in [-0.1, -0.05) is 42.5 Å². The van der Waals surface area contributed by atoms with E-state index in [0.29, 0.717) is 5.92 Å². The molecule has 0 saturated carbocycles. The maximum Gasteiger partial charge on any atom is 0.123 e. The third kappa shape index (κ3) is 4.40. The minimum absolute atomic E-state index is 0.239. The molecule has 1 aromatic heterocycles. The monoisotopic (exact) mass is 361 g/mol. The summed E-state index contributed by atoms with van der Waals surface area (Å²) >= 11 is 0. The molecule has 0 radical (unpaired) electrons. The Bertz CT molecular complexity index is 882. The molecule has 1 fully saturated rings. The molecular formula is C23H24FN3. The second kappa shape index (κ2) is 8.40. The molecule has 3 aromatic rings. The van der Waals surface area contributed by atoms with Crippen LogP contribution in [-0.4, -0.2) is 34.5 Å². The first-order valence-electron chi connectivity index (χ1n) is 9.63. The maximum absolute atomic E-state index is 13.7. The van der Waals surface area contributed by atoms with Crippen molar-refractivity contribution in [2.75, 3.05) is 19.6 Å². The lowest BCUT2D eigenvalue weighted by Crippen LogP contribution is -2.36. The molecule has 3 nitrogen and oxygen atoms in total. The van der Waals surface area contributed by atoms with Gasteiger partial charge in [0.25, 0.3) is 0 Å². The number of likely N-dealkylation sites (tertiary alicyclic amines) is 1. The number of rotatable bonds is 5. The van der Waals surface area contributed by atoms with Crippen molar-refractivity contribution in [2.24, 2.45) is 0 Å². The van der Waals surface area contributed by atoms with E-state index in [1.807, 2.05) is 6.07 Å². The second-order valence-electron chi connectivity index (χ2n) is 7.18. The van der Waals surface area contributed by atoms with Crippen molar-refractivity contribution in [3.8, 4) is 11.3 Å². The van der Waals surface area contributed by atoms with Crippen molar-refractivity contribution in [1.82, 2.24) is 14.9 Å². The number of hydrogen-bond donors (Lipinski definition) is 0. The summed E-state index contributed by atoms with van der Waals surface area (Å²) in [5, 5.41) is 0. The zero-order valence-electron chi connectivity index (χ0n) is 15.4. The van der Waals surface area contributed by atoms with E-state index in [4.69, 9.17) is 0 Å². The lowest BCUT2D eigenvalue weighted by molar-refractivity contribution is 0.208. The molecule has 0 bridgehead atoms. The molecule has 1 saturated heterocycles. The van der Waals surface area contributed by atoms with Crippen LogP contribution in [0.4, 0.5) is 4.39 Å². The SMILES string of the molecule is Fc1cccc(-c2nccnc2[C@@H]2CCCN(CCc3ccccc3)C2)c1. The highest BCUT2D eigenvalue weighted by Gasteiger charge is 2.25. The van der Waals surface area contributed by atoms with Crippen LogP contribution >= 0.6 is 0 Å². The van der Waals surface area contributed by atoms with E-state index in [1.54, 1.807) is 24.5 Å². The highest BCUT2D eigenvalue weighted by atomic mass is 19.1. The molecule has 0 amide bonds. The number of nitrogens with zero attached hydrogens (tertiary/aromatic N) is 3. The van der Waals surface area contributed by atoms with E-state index in [2.05, 4.69) is 45.2 Å². The van der Waals surface area contributed by atoms with Gasteiger partial charge in [-0.2, -0.15) is 0 Å². The molecule has 2 heterocycles. The molecule has 138 valence electrons. The molecule has 27 heavy (non-hydrogen) atoms. The zero-order chi connectivity index (χ0) is 18.5. The first-order chi connectivity index (χ1) is 13.3. The number of benzene rings is 2. The highest BCUT2D eigenvalue weighted by Crippen LogP contribution is 2.32. The standard InChI is InChI=1S/C23H24FN3/c24-21-10-4-8-19(16-21)22-23(26-13-12-25-22)20-9-5-14-27(17-20)15-11-18-6-2-1-3-7-18/h1-4,6-8,10,12-13,16,20H,5,9,11,14-15,17H2/t20-/m1/s1. The van der Waals surface area contributed by atoms with Crippen molar-refractivity contribution < 1.29 is 4.39 Å². The third-order valence-electron chi connectivity index (χ3n) is 5.28. The average Bonchev–Trinajstić information content (AvgIpc) is 2.73. The lowest BCUT2D eigenvalue weighted by atomic mass is 9.91. The molecule has 0 N–H and O–H groups in total. The number of aromatic nitrogens is 2. The van der Waals surface area contributed by atoms with Crippen LogP contribution in [0.2, 0.25) is 0 Å². The summed E-state index contributed by atoms with van der Waals surface area (Å²) in [5.41, 5.74) is 3.98. The van der Waals surface area contributed by atoms with Crippen molar-refractivity contribution in [3.63, 3.8) is 0 Å². The number of halogens is 1. The summed E-state index contributed by atoms with van der Waals surface area (Å²) in [4.78, 5) is 11.7. The van der Waals surface area contributed by atoms with Gasteiger partial charge in [-0.25, -0.2) is 4.39 Å². The van der Waals surface area contributed by atoms with Gasteiger partial charge in [0.05, 0.1) is 11.4 Å². The first-order valence-corrected chi connectivity index (χ1v) is 9.63. The Morgan fingerprint density at radius 2 is 1.85 bits per heavy atom. The van der Waals surface area contributed by atoms with Crippen LogP contribution in [0.15, 0.2) is 67.0 Å². The average molecular weight is 361 g/mol. The summed E-state index contributed by atoms with van der Waals surface area (Å²) in [6.07, 6.45) is 6.76. The maximum atomic E-state index is 13.7. The molecule has 1 aliphatic rings. The fourth-order valence-electron chi connectivity index (χ4n) is 3.92. The summed E-state index contributed by atoms with van der Waals surface area (Å²) in [6, 6.07) is 17.3. The normalized spacial score (nSPS) is 17.7. The zero-order valence-corrected chi connectivity index (χ0v) is 15.4. The fraction of sp³-hybridized carbons (Fsp3) is 0.304. The fourth-order valence-corrected chi connectivity index (χ4v) is 3.92. The van der Waals surface area contributed by atoms with E-state index < -0.39 is 0 Å². The minimum Gasteiger partial charge on any atom is -0.302 e. The van der Waals surface area contributed by atoms with Crippen molar-refractivity contribution in [1.29, 1.82) is 0 Å². The number of hydrogen-bond acceptors (Lipinski definition) is 3. The molecule has 1 aliphatic heterocycles. The van der Waals surface area contributed by atoms with Crippen LogP contribution in [0.5, 0.6) is 0 Å².